The zero-order valence-corrected chi connectivity index (χ0v) is 17.1. The molecule has 0 spiro atoms. The average Bonchev–Trinajstić information content (AvgIpc) is 3.39. The number of benzene rings is 2. The van der Waals surface area contributed by atoms with Gasteiger partial charge in [0.15, 0.2) is 0 Å². The van der Waals surface area contributed by atoms with Gasteiger partial charge in [0.05, 0.1) is 11.4 Å². The van der Waals surface area contributed by atoms with Crippen LogP contribution in [0.25, 0.3) is 27.5 Å². The van der Waals surface area contributed by atoms with Crippen molar-refractivity contribution in [2.24, 2.45) is 0 Å². The molecule has 146 valence electrons. The maximum Gasteiger partial charge on any atom is 0.274 e. The summed E-state index contributed by atoms with van der Waals surface area (Å²) in [6, 6.07) is 23.6. The van der Waals surface area contributed by atoms with E-state index in [-0.39, 0.29) is 5.91 Å². The van der Waals surface area contributed by atoms with Crippen molar-refractivity contribution in [2.75, 3.05) is 5.32 Å². The third-order valence-corrected chi connectivity index (χ3v) is 5.77. The van der Waals surface area contributed by atoms with Gasteiger partial charge in [0, 0.05) is 28.4 Å². The molecule has 0 unspecified atom stereocenters. The molecule has 0 radical (unpaired) electrons. The molecule has 3 heterocycles. The molecule has 3 aromatic heterocycles. The Balaban J connectivity index is 1.36. The fraction of sp³-hybridized carbons (Fsp3) is 0.0417. The molecule has 5 nitrogen and oxygen atoms in total. The number of nitrogens with one attached hydrogen (secondary N) is 1. The molecule has 0 bridgehead atoms. The van der Waals surface area contributed by atoms with E-state index in [1.165, 1.54) is 0 Å². The number of carbonyl (C=O) groups is 1. The topological polar surface area (TPSA) is 59.3 Å². The van der Waals surface area contributed by atoms with E-state index in [4.69, 9.17) is 4.98 Å². The largest absolute Gasteiger partial charge is 0.321 e. The van der Waals surface area contributed by atoms with Crippen LogP contribution in [0.4, 0.5) is 5.69 Å². The van der Waals surface area contributed by atoms with Gasteiger partial charge in [-0.05, 0) is 31.2 Å². The van der Waals surface area contributed by atoms with E-state index in [9.17, 15) is 4.79 Å². The molecule has 1 N–H and O–H groups in total. The molecule has 0 aliphatic carbocycles. The number of carbonyl (C=O) groups excluding carboxylic acids is 1. The summed E-state index contributed by atoms with van der Waals surface area (Å²) >= 11 is 1.62. The summed E-state index contributed by atoms with van der Waals surface area (Å²) in [6.07, 6.45) is 1.85. The zero-order chi connectivity index (χ0) is 20.5. The van der Waals surface area contributed by atoms with Crippen molar-refractivity contribution in [3.8, 4) is 21.8 Å². The number of anilines is 1. The summed E-state index contributed by atoms with van der Waals surface area (Å²) < 4.78 is 1.80. The van der Waals surface area contributed by atoms with Crippen LogP contribution in [0.3, 0.4) is 0 Å². The molecule has 1 amide bonds. The zero-order valence-electron chi connectivity index (χ0n) is 16.2. The van der Waals surface area contributed by atoms with Gasteiger partial charge in [-0.15, -0.1) is 11.3 Å². The normalized spacial score (nSPS) is 11.0. The Labute approximate surface area is 177 Å². The number of imidazole rings is 1. The molecule has 0 saturated carbocycles. The number of thiazole rings is 1. The predicted molar refractivity (Wildman–Crippen MR) is 121 cm³/mol. The molecule has 5 aromatic rings. The minimum atomic E-state index is -0.182. The van der Waals surface area contributed by atoms with E-state index in [0.29, 0.717) is 11.4 Å². The van der Waals surface area contributed by atoms with Gasteiger partial charge in [0.2, 0.25) is 0 Å². The first-order valence-corrected chi connectivity index (χ1v) is 10.4. The van der Waals surface area contributed by atoms with Crippen LogP contribution in [0.2, 0.25) is 0 Å². The molecular formula is C24H18N4OS. The summed E-state index contributed by atoms with van der Waals surface area (Å²) in [5.41, 5.74) is 5.78. The molecule has 0 aliphatic rings. The Kier molecular flexibility index (Phi) is 4.61. The van der Waals surface area contributed by atoms with Crippen molar-refractivity contribution in [3.63, 3.8) is 0 Å². The monoisotopic (exact) mass is 410 g/mol. The van der Waals surface area contributed by atoms with Crippen LogP contribution in [0.15, 0.2) is 84.4 Å². The van der Waals surface area contributed by atoms with Crippen LogP contribution in [0.1, 0.15) is 16.2 Å². The van der Waals surface area contributed by atoms with Crippen LogP contribution in [0.5, 0.6) is 0 Å². The van der Waals surface area contributed by atoms with E-state index in [2.05, 4.69) is 27.8 Å². The molecule has 0 saturated heterocycles. The van der Waals surface area contributed by atoms with Gasteiger partial charge in [0.1, 0.15) is 16.3 Å². The van der Waals surface area contributed by atoms with Crippen molar-refractivity contribution in [3.05, 3.63) is 95.8 Å². The lowest BCUT2D eigenvalue weighted by Crippen LogP contribution is -2.15. The van der Waals surface area contributed by atoms with E-state index >= 15 is 0 Å². The molecule has 5 rings (SSSR count). The second kappa shape index (κ2) is 7.57. The molecule has 0 aliphatic heterocycles. The van der Waals surface area contributed by atoms with Crippen molar-refractivity contribution in [2.45, 2.75) is 6.92 Å². The number of aryl methyl sites for hydroxylation is 1. The predicted octanol–water partition coefficient (Wildman–Crippen LogP) is 5.69. The third kappa shape index (κ3) is 3.38. The Hall–Kier alpha value is -3.77. The summed E-state index contributed by atoms with van der Waals surface area (Å²) in [5.74, 6) is -0.182. The summed E-state index contributed by atoms with van der Waals surface area (Å²) in [5, 5.41) is 6.01. The Morgan fingerprint density at radius 1 is 0.900 bits per heavy atom. The highest BCUT2D eigenvalue weighted by Gasteiger charge is 2.16. The molecule has 30 heavy (non-hydrogen) atoms. The SMILES string of the molecule is Cc1nc2ccccn2c1C(=O)Nc1ccc(-c2csc(-c3ccccc3)n2)cc1. The molecule has 0 fully saturated rings. The average molecular weight is 411 g/mol. The fourth-order valence-corrected chi connectivity index (χ4v) is 4.26. The summed E-state index contributed by atoms with van der Waals surface area (Å²) in [7, 11) is 0. The van der Waals surface area contributed by atoms with Crippen LogP contribution >= 0.6 is 11.3 Å². The Bertz CT molecular complexity index is 1340. The number of fused-ring (bicyclic) bond motifs is 1. The Morgan fingerprint density at radius 3 is 2.47 bits per heavy atom. The fourth-order valence-electron chi connectivity index (χ4n) is 3.42. The molecule has 0 atom stereocenters. The van der Waals surface area contributed by atoms with Gasteiger partial charge in [-0.25, -0.2) is 9.97 Å². The van der Waals surface area contributed by atoms with Gasteiger partial charge < -0.3 is 5.32 Å². The number of hydrogen-bond donors (Lipinski definition) is 1. The number of pyridine rings is 1. The van der Waals surface area contributed by atoms with Crippen LogP contribution in [0, 0.1) is 6.92 Å². The number of aromatic nitrogens is 3. The molecular weight excluding hydrogens is 392 g/mol. The molecule has 2 aromatic carbocycles. The van der Waals surface area contributed by atoms with E-state index in [1.54, 1.807) is 15.7 Å². The maximum absolute atomic E-state index is 12.8. The minimum absolute atomic E-state index is 0.182. The standard InChI is InChI=1S/C24H18N4OS/c1-16-22(28-14-6-5-9-21(28)25-16)23(29)26-19-12-10-17(11-13-19)20-15-30-24(27-20)18-7-3-2-4-8-18/h2-15H,1H3,(H,26,29). The lowest BCUT2D eigenvalue weighted by Gasteiger charge is -2.07. The first-order chi connectivity index (χ1) is 14.7. The number of nitrogens with zero attached hydrogens (tertiary/aromatic N) is 3. The van der Waals surface area contributed by atoms with Gasteiger partial charge in [-0.1, -0.05) is 48.5 Å². The highest BCUT2D eigenvalue weighted by atomic mass is 32.1. The van der Waals surface area contributed by atoms with E-state index < -0.39 is 0 Å². The van der Waals surface area contributed by atoms with Gasteiger partial charge in [-0.3, -0.25) is 9.20 Å². The van der Waals surface area contributed by atoms with Gasteiger partial charge in [0.25, 0.3) is 5.91 Å². The Morgan fingerprint density at radius 2 is 1.67 bits per heavy atom. The molecule has 6 heteroatoms. The van der Waals surface area contributed by atoms with Crippen LogP contribution in [-0.2, 0) is 0 Å². The highest BCUT2D eigenvalue weighted by Crippen LogP contribution is 2.29. The third-order valence-electron chi connectivity index (χ3n) is 4.88. The van der Waals surface area contributed by atoms with Crippen molar-refractivity contribution < 1.29 is 4.79 Å². The van der Waals surface area contributed by atoms with Crippen LogP contribution < -0.4 is 5.32 Å². The number of hydrogen-bond acceptors (Lipinski definition) is 4. The van der Waals surface area contributed by atoms with E-state index in [0.717, 1.165) is 33.2 Å². The van der Waals surface area contributed by atoms with Crippen molar-refractivity contribution in [1.82, 2.24) is 14.4 Å². The second-order valence-corrected chi connectivity index (χ2v) is 7.77. The number of rotatable bonds is 4. The second-order valence-electron chi connectivity index (χ2n) is 6.91. The highest BCUT2D eigenvalue weighted by molar-refractivity contribution is 7.13. The van der Waals surface area contributed by atoms with Gasteiger partial charge >= 0.3 is 0 Å². The van der Waals surface area contributed by atoms with Crippen molar-refractivity contribution >= 4 is 28.6 Å². The first kappa shape index (κ1) is 18.3. The first-order valence-electron chi connectivity index (χ1n) is 9.55. The van der Waals surface area contributed by atoms with Gasteiger partial charge in [-0.2, -0.15) is 0 Å². The lowest BCUT2D eigenvalue weighted by molar-refractivity contribution is 0.102. The quantitative estimate of drug-likeness (QED) is 0.414. The van der Waals surface area contributed by atoms with E-state index in [1.807, 2.05) is 73.8 Å². The smallest absolute Gasteiger partial charge is 0.274 e. The minimum Gasteiger partial charge on any atom is -0.321 e. The summed E-state index contributed by atoms with van der Waals surface area (Å²) in [6.45, 7) is 1.84. The van der Waals surface area contributed by atoms with Crippen molar-refractivity contribution in [1.29, 1.82) is 0 Å². The summed E-state index contributed by atoms with van der Waals surface area (Å²) in [4.78, 5) is 22.0. The van der Waals surface area contributed by atoms with Crippen LogP contribution in [-0.4, -0.2) is 20.3 Å². The lowest BCUT2D eigenvalue weighted by atomic mass is 10.1. The number of amides is 1. The maximum atomic E-state index is 12.8.